The van der Waals surface area contributed by atoms with E-state index in [2.05, 4.69) is 11.4 Å². The van der Waals surface area contributed by atoms with Crippen molar-refractivity contribution in [3.05, 3.63) is 59.2 Å². The highest BCUT2D eigenvalue weighted by Gasteiger charge is 2.15. The molecule has 1 aliphatic carbocycles. The molecule has 0 aromatic heterocycles. The molecule has 0 radical (unpaired) electrons. The molecule has 0 saturated heterocycles. The second kappa shape index (κ2) is 6.65. The number of aryl methyl sites for hydroxylation is 1. The first-order chi connectivity index (χ1) is 10.8. The van der Waals surface area contributed by atoms with Gasteiger partial charge >= 0.3 is 0 Å². The lowest BCUT2D eigenvalue weighted by Crippen LogP contribution is -2.17. The van der Waals surface area contributed by atoms with Gasteiger partial charge in [0.25, 0.3) is 0 Å². The van der Waals surface area contributed by atoms with Gasteiger partial charge in [0, 0.05) is 11.3 Å². The summed E-state index contributed by atoms with van der Waals surface area (Å²) in [6, 6.07) is 13.9. The highest BCUT2D eigenvalue weighted by molar-refractivity contribution is 5.93. The minimum Gasteiger partial charge on any atom is -0.496 e. The lowest BCUT2D eigenvalue weighted by Gasteiger charge is -2.19. The van der Waals surface area contributed by atoms with Crippen LogP contribution in [0.2, 0.25) is 0 Å². The van der Waals surface area contributed by atoms with Gasteiger partial charge in [0.1, 0.15) is 5.75 Å². The van der Waals surface area contributed by atoms with E-state index in [4.69, 9.17) is 4.74 Å². The lowest BCUT2D eigenvalue weighted by molar-refractivity contribution is -0.115. The van der Waals surface area contributed by atoms with E-state index in [9.17, 15) is 4.79 Å². The van der Waals surface area contributed by atoms with Gasteiger partial charge in [-0.3, -0.25) is 4.79 Å². The summed E-state index contributed by atoms with van der Waals surface area (Å²) >= 11 is 0. The monoisotopic (exact) mass is 295 g/mol. The van der Waals surface area contributed by atoms with Crippen LogP contribution in [0.3, 0.4) is 0 Å². The van der Waals surface area contributed by atoms with E-state index in [0.717, 1.165) is 29.8 Å². The Hall–Kier alpha value is -2.29. The van der Waals surface area contributed by atoms with Crippen LogP contribution in [0, 0.1) is 0 Å². The molecule has 1 N–H and O–H groups in total. The molecule has 22 heavy (non-hydrogen) atoms. The third-order valence-corrected chi connectivity index (χ3v) is 4.21. The zero-order valence-electron chi connectivity index (χ0n) is 12.9. The van der Waals surface area contributed by atoms with Crippen molar-refractivity contribution < 1.29 is 9.53 Å². The molecule has 2 aromatic carbocycles. The van der Waals surface area contributed by atoms with Gasteiger partial charge < -0.3 is 10.1 Å². The number of nitrogens with one attached hydrogen (secondary N) is 1. The van der Waals surface area contributed by atoms with Gasteiger partial charge in [-0.1, -0.05) is 30.3 Å². The minimum atomic E-state index is 0.00322. The van der Waals surface area contributed by atoms with E-state index in [1.54, 1.807) is 7.11 Å². The fourth-order valence-corrected chi connectivity index (χ4v) is 3.11. The second-order valence-electron chi connectivity index (χ2n) is 5.69. The van der Waals surface area contributed by atoms with Gasteiger partial charge in [-0.05, 0) is 48.9 Å². The maximum absolute atomic E-state index is 12.4. The molecule has 0 saturated carbocycles. The Balaban J connectivity index is 1.75. The van der Waals surface area contributed by atoms with Crippen LogP contribution < -0.4 is 10.1 Å². The normalized spacial score (nSPS) is 13.3. The fourth-order valence-electron chi connectivity index (χ4n) is 3.11. The summed E-state index contributed by atoms with van der Waals surface area (Å²) in [5.74, 6) is 0.760. The molecular formula is C19H21NO2. The molecule has 1 amide bonds. The molecule has 0 heterocycles. The first-order valence-corrected chi connectivity index (χ1v) is 7.80. The molecule has 1 aliphatic rings. The van der Waals surface area contributed by atoms with E-state index in [-0.39, 0.29) is 5.91 Å². The minimum absolute atomic E-state index is 0.00322. The quantitative estimate of drug-likeness (QED) is 0.932. The number of carbonyl (C=O) groups is 1. The van der Waals surface area contributed by atoms with Gasteiger partial charge in [-0.2, -0.15) is 0 Å². The van der Waals surface area contributed by atoms with Crippen LogP contribution in [0.5, 0.6) is 5.75 Å². The molecule has 0 unspecified atom stereocenters. The van der Waals surface area contributed by atoms with Crippen LogP contribution in [0.1, 0.15) is 29.5 Å². The summed E-state index contributed by atoms with van der Waals surface area (Å²) in [4.78, 5) is 12.4. The number of methoxy groups -OCH3 is 1. The van der Waals surface area contributed by atoms with E-state index in [1.807, 2.05) is 36.4 Å². The molecule has 2 aromatic rings. The number of hydrogen-bond donors (Lipinski definition) is 1. The van der Waals surface area contributed by atoms with Crippen molar-refractivity contribution in [1.82, 2.24) is 0 Å². The molecule has 0 spiro atoms. The summed E-state index contributed by atoms with van der Waals surface area (Å²) in [6.07, 6.45) is 4.94. The third kappa shape index (κ3) is 3.14. The SMILES string of the molecule is COc1ccccc1CC(=O)Nc1cccc2c1CCCC2. The predicted octanol–water partition coefficient (Wildman–Crippen LogP) is 3.76. The standard InChI is InChI=1S/C19H21NO2/c1-22-18-12-5-3-8-15(18)13-19(21)20-17-11-6-9-14-7-2-4-10-16(14)17/h3,5-6,8-9,11-12H,2,4,7,10,13H2,1H3,(H,20,21). The Morgan fingerprint density at radius 3 is 2.77 bits per heavy atom. The number of ether oxygens (including phenoxy) is 1. The molecule has 3 nitrogen and oxygen atoms in total. The number of hydrogen-bond acceptors (Lipinski definition) is 2. The van der Waals surface area contributed by atoms with Crippen LogP contribution in [-0.2, 0) is 24.1 Å². The molecule has 3 rings (SSSR count). The zero-order valence-corrected chi connectivity index (χ0v) is 12.9. The highest BCUT2D eigenvalue weighted by atomic mass is 16.5. The first-order valence-electron chi connectivity index (χ1n) is 7.80. The molecule has 114 valence electrons. The van der Waals surface area contributed by atoms with Gasteiger partial charge in [0.05, 0.1) is 13.5 Å². The van der Waals surface area contributed by atoms with Gasteiger partial charge in [0.15, 0.2) is 0 Å². The Bertz CT molecular complexity index is 679. The maximum atomic E-state index is 12.4. The van der Waals surface area contributed by atoms with Crippen LogP contribution in [0.15, 0.2) is 42.5 Å². The Kier molecular flexibility index (Phi) is 4.42. The Morgan fingerprint density at radius 1 is 1.09 bits per heavy atom. The predicted molar refractivity (Wildman–Crippen MR) is 88.4 cm³/mol. The number of carbonyl (C=O) groups excluding carboxylic acids is 1. The van der Waals surface area contributed by atoms with Crippen molar-refractivity contribution in [2.45, 2.75) is 32.1 Å². The topological polar surface area (TPSA) is 38.3 Å². The molecule has 0 fully saturated rings. The van der Waals surface area contributed by atoms with Crippen LogP contribution >= 0.6 is 0 Å². The van der Waals surface area contributed by atoms with Crippen molar-refractivity contribution in [3.63, 3.8) is 0 Å². The van der Waals surface area contributed by atoms with Crippen molar-refractivity contribution in [1.29, 1.82) is 0 Å². The smallest absolute Gasteiger partial charge is 0.228 e. The number of para-hydroxylation sites is 1. The molecule has 0 atom stereocenters. The van der Waals surface area contributed by atoms with Crippen molar-refractivity contribution >= 4 is 11.6 Å². The molecule has 0 bridgehead atoms. The van der Waals surface area contributed by atoms with E-state index in [1.165, 1.54) is 24.0 Å². The van der Waals surface area contributed by atoms with Gasteiger partial charge in [-0.15, -0.1) is 0 Å². The fraction of sp³-hybridized carbons (Fsp3) is 0.316. The number of rotatable bonds is 4. The maximum Gasteiger partial charge on any atom is 0.228 e. The summed E-state index contributed by atoms with van der Waals surface area (Å²) in [6.45, 7) is 0. The highest BCUT2D eigenvalue weighted by Crippen LogP contribution is 2.28. The second-order valence-corrected chi connectivity index (χ2v) is 5.69. The van der Waals surface area contributed by atoms with Crippen LogP contribution in [0.25, 0.3) is 0 Å². The van der Waals surface area contributed by atoms with Crippen LogP contribution in [0.4, 0.5) is 5.69 Å². The summed E-state index contributed by atoms with van der Waals surface area (Å²) in [5.41, 5.74) is 4.56. The summed E-state index contributed by atoms with van der Waals surface area (Å²) in [5, 5.41) is 3.08. The average molecular weight is 295 g/mol. The van der Waals surface area contributed by atoms with E-state index >= 15 is 0 Å². The number of fused-ring (bicyclic) bond motifs is 1. The Morgan fingerprint density at radius 2 is 1.91 bits per heavy atom. The van der Waals surface area contributed by atoms with E-state index < -0.39 is 0 Å². The largest absolute Gasteiger partial charge is 0.496 e. The molecular weight excluding hydrogens is 274 g/mol. The van der Waals surface area contributed by atoms with Gasteiger partial charge in [0.2, 0.25) is 5.91 Å². The lowest BCUT2D eigenvalue weighted by atomic mass is 9.90. The first kappa shape index (κ1) is 14.6. The zero-order chi connectivity index (χ0) is 15.4. The van der Waals surface area contributed by atoms with E-state index in [0.29, 0.717) is 6.42 Å². The number of amides is 1. The average Bonchev–Trinajstić information content (AvgIpc) is 2.55. The molecule has 3 heteroatoms. The summed E-state index contributed by atoms with van der Waals surface area (Å²) < 4.78 is 5.31. The van der Waals surface area contributed by atoms with Gasteiger partial charge in [-0.25, -0.2) is 0 Å². The van der Waals surface area contributed by atoms with Crippen LogP contribution in [-0.4, -0.2) is 13.0 Å². The third-order valence-electron chi connectivity index (χ3n) is 4.21. The number of anilines is 1. The van der Waals surface area contributed by atoms with Crippen molar-refractivity contribution in [2.24, 2.45) is 0 Å². The van der Waals surface area contributed by atoms with Crippen molar-refractivity contribution in [3.8, 4) is 5.75 Å². The molecule has 0 aliphatic heterocycles. The number of benzene rings is 2. The Labute approximate surface area is 131 Å². The van der Waals surface area contributed by atoms with Crippen molar-refractivity contribution in [2.75, 3.05) is 12.4 Å². The summed E-state index contributed by atoms with van der Waals surface area (Å²) in [7, 11) is 1.63.